The Balaban J connectivity index is 2.29. The number of methoxy groups -OCH3 is 3. The van der Waals surface area contributed by atoms with E-state index in [9.17, 15) is 0 Å². The summed E-state index contributed by atoms with van der Waals surface area (Å²) in [5.74, 6) is 2.65. The van der Waals surface area contributed by atoms with Crippen LogP contribution < -0.4 is 14.2 Å². The monoisotopic (exact) mass is 272 g/mol. The maximum Gasteiger partial charge on any atom is 0.161 e. The lowest BCUT2D eigenvalue weighted by Crippen LogP contribution is -1.98. The van der Waals surface area contributed by atoms with E-state index >= 15 is 0 Å². The van der Waals surface area contributed by atoms with Gasteiger partial charge in [0.05, 0.1) is 21.3 Å². The number of ether oxygens (including phenoxy) is 3. The van der Waals surface area contributed by atoms with Crippen molar-refractivity contribution in [2.75, 3.05) is 21.3 Å². The van der Waals surface area contributed by atoms with E-state index in [0.29, 0.717) is 0 Å². The zero-order valence-electron chi connectivity index (χ0n) is 12.3. The third-order valence-electron chi connectivity index (χ3n) is 3.52. The van der Waals surface area contributed by atoms with Crippen LogP contribution in [0.5, 0.6) is 17.2 Å². The minimum atomic E-state index is 0.278. The second-order valence-corrected chi connectivity index (χ2v) is 4.61. The number of benzene rings is 2. The summed E-state index contributed by atoms with van der Waals surface area (Å²) in [4.78, 5) is 0. The molecule has 0 bridgehead atoms. The summed E-state index contributed by atoms with van der Waals surface area (Å²) in [6.45, 7) is 2.17. The molecule has 1 atom stereocenters. The van der Waals surface area contributed by atoms with E-state index in [1.54, 1.807) is 21.3 Å². The van der Waals surface area contributed by atoms with Crippen LogP contribution in [-0.2, 0) is 0 Å². The molecule has 0 aromatic heterocycles. The van der Waals surface area contributed by atoms with Crippen molar-refractivity contribution in [2.24, 2.45) is 0 Å². The number of hydrogen-bond donors (Lipinski definition) is 0. The Bertz CT molecular complexity index is 561. The Kier molecular flexibility index (Phi) is 4.51. The topological polar surface area (TPSA) is 27.7 Å². The van der Waals surface area contributed by atoms with E-state index in [1.807, 2.05) is 24.3 Å². The average molecular weight is 272 g/mol. The molecular weight excluding hydrogens is 252 g/mol. The molecule has 1 unspecified atom stereocenters. The van der Waals surface area contributed by atoms with E-state index in [0.717, 1.165) is 17.2 Å². The summed E-state index contributed by atoms with van der Waals surface area (Å²) in [5.41, 5.74) is 2.42. The smallest absolute Gasteiger partial charge is 0.161 e. The Labute approximate surface area is 120 Å². The van der Waals surface area contributed by atoms with Gasteiger partial charge in [0, 0.05) is 5.92 Å². The standard InChI is InChI=1S/C17H20O3/c1-12(13-5-8-15(18-2)9-6-13)14-7-10-16(19-3)17(11-14)20-4/h5-12H,1-4H3. The second kappa shape index (κ2) is 6.33. The minimum absolute atomic E-state index is 0.278. The lowest BCUT2D eigenvalue weighted by molar-refractivity contribution is 0.354. The molecule has 0 aliphatic rings. The summed E-state index contributed by atoms with van der Waals surface area (Å²) >= 11 is 0. The molecule has 0 saturated carbocycles. The van der Waals surface area contributed by atoms with E-state index in [2.05, 4.69) is 25.1 Å². The molecule has 0 amide bonds. The molecule has 0 fully saturated rings. The first-order chi connectivity index (χ1) is 9.69. The van der Waals surface area contributed by atoms with Gasteiger partial charge in [-0.1, -0.05) is 25.1 Å². The van der Waals surface area contributed by atoms with Gasteiger partial charge in [-0.25, -0.2) is 0 Å². The molecular formula is C17H20O3. The van der Waals surface area contributed by atoms with Crippen molar-refractivity contribution in [2.45, 2.75) is 12.8 Å². The summed E-state index contributed by atoms with van der Waals surface area (Å²) in [5, 5.41) is 0. The van der Waals surface area contributed by atoms with Crippen LogP contribution in [-0.4, -0.2) is 21.3 Å². The highest BCUT2D eigenvalue weighted by atomic mass is 16.5. The fourth-order valence-corrected chi connectivity index (χ4v) is 2.21. The minimum Gasteiger partial charge on any atom is -0.497 e. The van der Waals surface area contributed by atoms with Crippen molar-refractivity contribution in [3.8, 4) is 17.2 Å². The first-order valence-electron chi connectivity index (χ1n) is 6.55. The fourth-order valence-electron chi connectivity index (χ4n) is 2.21. The van der Waals surface area contributed by atoms with Gasteiger partial charge >= 0.3 is 0 Å². The lowest BCUT2D eigenvalue weighted by atomic mass is 9.93. The number of hydrogen-bond acceptors (Lipinski definition) is 3. The molecule has 0 radical (unpaired) electrons. The van der Waals surface area contributed by atoms with Gasteiger partial charge < -0.3 is 14.2 Å². The summed E-state index contributed by atoms with van der Waals surface area (Å²) < 4.78 is 15.8. The highest BCUT2D eigenvalue weighted by Crippen LogP contribution is 2.33. The Morgan fingerprint density at radius 3 is 1.85 bits per heavy atom. The zero-order chi connectivity index (χ0) is 14.5. The van der Waals surface area contributed by atoms with Gasteiger partial charge in [-0.3, -0.25) is 0 Å². The molecule has 0 N–H and O–H groups in total. The predicted molar refractivity (Wildman–Crippen MR) is 80.1 cm³/mol. The molecule has 0 heterocycles. The van der Waals surface area contributed by atoms with E-state index in [-0.39, 0.29) is 5.92 Å². The Morgan fingerprint density at radius 2 is 1.30 bits per heavy atom. The zero-order valence-corrected chi connectivity index (χ0v) is 12.3. The first kappa shape index (κ1) is 14.3. The van der Waals surface area contributed by atoms with Gasteiger partial charge in [0.25, 0.3) is 0 Å². The maximum absolute atomic E-state index is 5.35. The summed E-state index contributed by atoms with van der Waals surface area (Å²) in [7, 11) is 4.97. The lowest BCUT2D eigenvalue weighted by Gasteiger charge is -2.15. The van der Waals surface area contributed by atoms with Crippen LogP contribution >= 0.6 is 0 Å². The second-order valence-electron chi connectivity index (χ2n) is 4.61. The normalized spacial score (nSPS) is 11.8. The van der Waals surface area contributed by atoms with Gasteiger partial charge in [-0.15, -0.1) is 0 Å². The maximum atomic E-state index is 5.35. The largest absolute Gasteiger partial charge is 0.497 e. The van der Waals surface area contributed by atoms with Crippen LogP contribution in [0.1, 0.15) is 24.0 Å². The molecule has 20 heavy (non-hydrogen) atoms. The van der Waals surface area contributed by atoms with E-state index in [4.69, 9.17) is 14.2 Å². The molecule has 2 aromatic rings. The van der Waals surface area contributed by atoms with Crippen LogP contribution in [0.3, 0.4) is 0 Å². The van der Waals surface area contributed by atoms with Gasteiger partial charge in [0.2, 0.25) is 0 Å². The predicted octanol–water partition coefficient (Wildman–Crippen LogP) is 3.86. The van der Waals surface area contributed by atoms with Crippen molar-refractivity contribution in [3.05, 3.63) is 53.6 Å². The van der Waals surface area contributed by atoms with Crippen molar-refractivity contribution in [1.82, 2.24) is 0 Å². The molecule has 2 rings (SSSR count). The van der Waals surface area contributed by atoms with Crippen LogP contribution in [0.15, 0.2) is 42.5 Å². The highest BCUT2D eigenvalue weighted by Gasteiger charge is 2.12. The third kappa shape index (κ3) is 2.87. The van der Waals surface area contributed by atoms with Gasteiger partial charge in [-0.2, -0.15) is 0 Å². The van der Waals surface area contributed by atoms with Crippen LogP contribution in [0, 0.1) is 0 Å². The average Bonchev–Trinajstić information content (AvgIpc) is 2.53. The van der Waals surface area contributed by atoms with Crippen molar-refractivity contribution in [3.63, 3.8) is 0 Å². The highest BCUT2D eigenvalue weighted by molar-refractivity contribution is 5.46. The quantitative estimate of drug-likeness (QED) is 0.827. The molecule has 0 spiro atoms. The van der Waals surface area contributed by atoms with Crippen molar-refractivity contribution in [1.29, 1.82) is 0 Å². The SMILES string of the molecule is COc1ccc(C(C)c2ccc(OC)c(OC)c2)cc1. The number of rotatable bonds is 5. The van der Waals surface area contributed by atoms with E-state index < -0.39 is 0 Å². The Hall–Kier alpha value is -2.16. The summed E-state index contributed by atoms with van der Waals surface area (Å²) in [6, 6.07) is 14.2. The van der Waals surface area contributed by atoms with Crippen LogP contribution in [0.4, 0.5) is 0 Å². The molecule has 3 heteroatoms. The van der Waals surface area contributed by atoms with Crippen molar-refractivity contribution >= 4 is 0 Å². The summed E-state index contributed by atoms with van der Waals surface area (Å²) in [6.07, 6.45) is 0. The molecule has 0 aliphatic carbocycles. The molecule has 0 aliphatic heterocycles. The van der Waals surface area contributed by atoms with E-state index in [1.165, 1.54) is 11.1 Å². The molecule has 2 aromatic carbocycles. The third-order valence-corrected chi connectivity index (χ3v) is 3.52. The van der Waals surface area contributed by atoms with Crippen molar-refractivity contribution < 1.29 is 14.2 Å². The van der Waals surface area contributed by atoms with Gasteiger partial charge in [0.1, 0.15) is 5.75 Å². The molecule has 106 valence electrons. The Morgan fingerprint density at radius 1 is 0.700 bits per heavy atom. The molecule has 3 nitrogen and oxygen atoms in total. The first-order valence-corrected chi connectivity index (χ1v) is 6.55. The molecule has 0 saturated heterocycles. The fraction of sp³-hybridized carbons (Fsp3) is 0.294. The van der Waals surface area contributed by atoms with Crippen LogP contribution in [0.25, 0.3) is 0 Å². The van der Waals surface area contributed by atoms with Gasteiger partial charge in [0.15, 0.2) is 11.5 Å². The van der Waals surface area contributed by atoms with Gasteiger partial charge in [-0.05, 0) is 35.4 Å². The van der Waals surface area contributed by atoms with Crippen LogP contribution in [0.2, 0.25) is 0 Å².